The molecule has 2 N–H and O–H groups in total. The van der Waals surface area contributed by atoms with E-state index in [-0.39, 0.29) is 0 Å². The molecule has 114 valence electrons. The molecule has 0 aliphatic heterocycles. The molecular formula is C17H31N3. The SMILES string of the molecule is CCC(C)CN(CCN(C)CCN)Cc1ccccc1. The van der Waals surface area contributed by atoms with Crippen LogP contribution in [0.5, 0.6) is 0 Å². The van der Waals surface area contributed by atoms with Crippen LogP contribution in [0.4, 0.5) is 0 Å². The molecule has 0 radical (unpaired) electrons. The van der Waals surface area contributed by atoms with E-state index in [2.05, 4.69) is 61.0 Å². The Kier molecular flexibility index (Phi) is 8.51. The molecule has 1 rings (SSSR count). The lowest BCUT2D eigenvalue weighted by atomic mass is 10.1. The topological polar surface area (TPSA) is 32.5 Å². The molecule has 0 amide bonds. The standard InChI is InChI=1S/C17H31N3/c1-4-16(2)14-20(13-12-19(3)11-10-18)15-17-8-6-5-7-9-17/h5-9,16H,4,10-15,18H2,1-3H3. The fourth-order valence-corrected chi connectivity index (χ4v) is 2.29. The first-order valence-corrected chi connectivity index (χ1v) is 7.80. The lowest BCUT2D eigenvalue weighted by Gasteiger charge is -2.27. The van der Waals surface area contributed by atoms with E-state index >= 15 is 0 Å². The monoisotopic (exact) mass is 277 g/mol. The summed E-state index contributed by atoms with van der Waals surface area (Å²) >= 11 is 0. The zero-order chi connectivity index (χ0) is 14.8. The van der Waals surface area contributed by atoms with Gasteiger partial charge >= 0.3 is 0 Å². The van der Waals surface area contributed by atoms with Gasteiger partial charge in [0.15, 0.2) is 0 Å². The molecule has 1 aromatic rings. The van der Waals surface area contributed by atoms with Crippen molar-refractivity contribution in [3.63, 3.8) is 0 Å². The Hall–Kier alpha value is -0.900. The summed E-state index contributed by atoms with van der Waals surface area (Å²) in [5.41, 5.74) is 7.01. The lowest BCUT2D eigenvalue weighted by molar-refractivity contribution is 0.196. The predicted octanol–water partition coefficient (Wildman–Crippen LogP) is 2.43. The number of benzene rings is 1. The number of nitrogens with two attached hydrogens (primary N) is 1. The summed E-state index contributed by atoms with van der Waals surface area (Å²) in [4.78, 5) is 4.88. The van der Waals surface area contributed by atoms with Gasteiger partial charge in [-0.05, 0) is 18.5 Å². The van der Waals surface area contributed by atoms with Crippen molar-refractivity contribution in [3.8, 4) is 0 Å². The van der Waals surface area contributed by atoms with Gasteiger partial charge in [-0.1, -0.05) is 50.6 Å². The van der Waals surface area contributed by atoms with E-state index in [0.29, 0.717) is 0 Å². The highest BCUT2D eigenvalue weighted by Crippen LogP contribution is 2.09. The Labute approximate surface area is 124 Å². The smallest absolute Gasteiger partial charge is 0.0234 e. The van der Waals surface area contributed by atoms with E-state index in [1.165, 1.54) is 18.5 Å². The summed E-state index contributed by atoms with van der Waals surface area (Å²) in [7, 11) is 2.15. The van der Waals surface area contributed by atoms with E-state index in [4.69, 9.17) is 5.73 Å². The van der Waals surface area contributed by atoms with Gasteiger partial charge in [0.1, 0.15) is 0 Å². The average Bonchev–Trinajstić information content (AvgIpc) is 2.46. The van der Waals surface area contributed by atoms with Crippen molar-refractivity contribution in [2.24, 2.45) is 11.7 Å². The molecule has 0 aromatic heterocycles. The Morgan fingerprint density at radius 1 is 1.10 bits per heavy atom. The molecule has 20 heavy (non-hydrogen) atoms. The minimum atomic E-state index is 0.737. The summed E-state index contributed by atoms with van der Waals surface area (Å²) in [5.74, 6) is 0.749. The summed E-state index contributed by atoms with van der Waals surface area (Å²) in [6, 6.07) is 10.8. The molecule has 3 heteroatoms. The van der Waals surface area contributed by atoms with Gasteiger partial charge in [-0.3, -0.25) is 4.90 Å². The molecule has 0 saturated carbocycles. The van der Waals surface area contributed by atoms with Crippen molar-refractivity contribution in [1.29, 1.82) is 0 Å². The van der Waals surface area contributed by atoms with E-state index in [9.17, 15) is 0 Å². The first-order chi connectivity index (χ1) is 9.65. The quantitative estimate of drug-likeness (QED) is 0.713. The van der Waals surface area contributed by atoms with Crippen LogP contribution < -0.4 is 5.73 Å². The molecule has 0 spiro atoms. The van der Waals surface area contributed by atoms with Gasteiger partial charge in [0, 0.05) is 39.3 Å². The van der Waals surface area contributed by atoms with E-state index in [1.54, 1.807) is 0 Å². The first kappa shape index (κ1) is 17.2. The van der Waals surface area contributed by atoms with Gasteiger partial charge in [0.25, 0.3) is 0 Å². The van der Waals surface area contributed by atoms with Gasteiger partial charge in [-0.25, -0.2) is 0 Å². The molecule has 0 aliphatic rings. The predicted molar refractivity (Wildman–Crippen MR) is 87.7 cm³/mol. The van der Waals surface area contributed by atoms with Gasteiger partial charge in [-0.15, -0.1) is 0 Å². The van der Waals surface area contributed by atoms with Crippen LogP contribution in [-0.2, 0) is 6.54 Å². The molecule has 1 unspecified atom stereocenters. The van der Waals surface area contributed by atoms with Crippen molar-refractivity contribution >= 4 is 0 Å². The van der Waals surface area contributed by atoms with Crippen molar-refractivity contribution in [1.82, 2.24) is 9.80 Å². The number of hydrogen-bond donors (Lipinski definition) is 1. The van der Waals surface area contributed by atoms with Crippen molar-refractivity contribution in [3.05, 3.63) is 35.9 Å². The van der Waals surface area contributed by atoms with Crippen LogP contribution in [-0.4, -0.2) is 49.6 Å². The lowest BCUT2D eigenvalue weighted by Crippen LogP contribution is -2.37. The van der Waals surface area contributed by atoms with Crippen molar-refractivity contribution < 1.29 is 0 Å². The molecule has 0 heterocycles. The second-order valence-corrected chi connectivity index (χ2v) is 5.83. The largest absolute Gasteiger partial charge is 0.329 e. The number of nitrogens with zero attached hydrogens (tertiary/aromatic N) is 2. The molecule has 1 atom stereocenters. The Bertz CT molecular complexity index is 339. The average molecular weight is 277 g/mol. The van der Waals surface area contributed by atoms with E-state index in [0.717, 1.165) is 38.6 Å². The van der Waals surface area contributed by atoms with Crippen molar-refractivity contribution in [2.75, 3.05) is 39.8 Å². The second-order valence-electron chi connectivity index (χ2n) is 5.83. The minimum absolute atomic E-state index is 0.737. The van der Waals surface area contributed by atoms with Crippen LogP contribution in [0.25, 0.3) is 0 Å². The maximum Gasteiger partial charge on any atom is 0.0234 e. The second kappa shape index (κ2) is 9.92. The Morgan fingerprint density at radius 3 is 2.40 bits per heavy atom. The molecule has 3 nitrogen and oxygen atoms in total. The zero-order valence-corrected chi connectivity index (χ0v) is 13.4. The minimum Gasteiger partial charge on any atom is -0.329 e. The number of likely N-dealkylation sites (N-methyl/N-ethyl adjacent to an activating group) is 1. The number of hydrogen-bond acceptors (Lipinski definition) is 3. The van der Waals surface area contributed by atoms with Gasteiger partial charge < -0.3 is 10.6 Å². The summed E-state index contributed by atoms with van der Waals surface area (Å²) in [6.07, 6.45) is 1.24. The Morgan fingerprint density at radius 2 is 1.80 bits per heavy atom. The number of rotatable bonds is 10. The van der Waals surface area contributed by atoms with E-state index < -0.39 is 0 Å². The summed E-state index contributed by atoms with van der Waals surface area (Å²) in [6.45, 7) is 10.7. The Balaban J connectivity index is 2.51. The third kappa shape index (κ3) is 7.04. The highest BCUT2D eigenvalue weighted by atomic mass is 15.2. The van der Waals surface area contributed by atoms with Crippen LogP contribution in [0.1, 0.15) is 25.8 Å². The van der Waals surface area contributed by atoms with Gasteiger partial charge in [0.2, 0.25) is 0 Å². The van der Waals surface area contributed by atoms with E-state index in [1.807, 2.05) is 0 Å². The third-order valence-electron chi connectivity index (χ3n) is 3.82. The van der Waals surface area contributed by atoms with Gasteiger partial charge in [0.05, 0.1) is 0 Å². The molecule has 0 saturated heterocycles. The highest BCUT2D eigenvalue weighted by molar-refractivity contribution is 5.14. The fourth-order valence-electron chi connectivity index (χ4n) is 2.29. The highest BCUT2D eigenvalue weighted by Gasteiger charge is 2.10. The van der Waals surface area contributed by atoms with Crippen LogP contribution in [0.15, 0.2) is 30.3 Å². The van der Waals surface area contributed by atoms with Crippen LogP contribution in [0, 0.1) is 5.92 Å². The van der Waals surface area contributed by atoms with Crippen LogP contribution in [0.3, 0.4) is 0 Å². The third-order valence-corrected chi connectivity index (χ3v) is 3.82. The maximum atomic E-state index is 5.61. The zero-order valence-electron chi connectivity index (χ0n) is 13.4. The molecule has 0 bridgehead atoms. The summed E-state index contributed by atoms with van der Waals surface area (Å²) in [5, 5.41) is 0. The molecular weight excluding hydrogens is 246 g/mol. The van der Waals surface area contributed by atoms with Crippen molar-refractivity contribution in [2.45, 2.75) is 26.8 Å². The van der Waals surface area contributed by atoms with Gasteiger partial charge in [-0.2, -0.15) is 0 Å². The maximum absolute atomic E-state index is 5.61. The van der Waals surface area contributed by atoms with Crippen LogP contribution in [0.2, 0.25) is 0 Å². The molecule has 0 fully saturated rings. The molecule has 0 aliphatic carbocycles. The molecule has 1 aromatic carbocycles. The summed E-state index contributed by atoms with van der Waals surface area (Å²) < 4.78 is 0. The van der Waals surface area contributed by atoms with Crippen LogP contribution >= 0.6 is 0 Å². The first-order valence-electron chi connectivity index (χ1n) is 7.80. The fraction of sp³-hybridized carbons (Fsp3) is 0.647. The normalized spacial score (nSPS) is 13.1.